The van der Waals surface area contributed by atoms with E-state index >= 15 is 0 Å². The molecule has 2 aromatic rings. The normalized spacial score (nSPS) is 11.9. The summed E-state index contributed by atoms with van der Waals surface area (Å²) in [6, 6.07) is 16.3. The predicted molar refractivity (Wildman–Crippen MR) is 81.2 cm³/mol. The fraction of sp³-hybridized carbons (Fsp3) is 0.294. The predicted octanol–water partition coefficient (Wildman–Crippen LogP) is 3.55. The van der Waals surface area contributed by atoms with Gasteiger partial charge in [-0.3, -0.25) is 0 Å². The highest BCUT2D eigenvalue weighted by molar-refractivity contribution is 5.36. The minimum atomic E-state index is 0.261. The van der Waals surface area contributed by atoms with Crippen molar-refractivity contribution in [2.75, 3.05) is 14.2 Å². The molecule has 0 bridgehead atoms. The smallest absolute Gasteiger partial charge is 0.124 e. The fourth-order valence-electron chi connectivity index (χ4n) is 2.05. The third-order valence-corrected chi connectivity index (χ3v) is 3.35. The van der Waals surface area contributed by atoms with E-state index in [9.17, 15) is 0 Å². The maximum atomic E-state index is 5.95. The number of methoxy groups -OCH3 is 1. The fourth-order valence-corrected chi connectivity index (χ4v) is 2.05. The molecule has 0 radical (unpaired) electrons. The highest BCUT2D eigenvalue weighted by atomic mass is 16.5. The number of ether oxygens (including phenoxy) is 2. The lowest BCUT2D eigenvalue weighted by Gasteiger charge is -2.16. The minimum absolute atomic E-state index is 0.261. The van der Waals surface area contributed by atoms with Crippen molar-refractivity contribution in [3.8, 4) is 11.5 Å². The number of para-hydroxylation sites is 1. The maximum Gasteiger partial charge on any atom is 0.124 e. The van der Waals surface area contributed by atoms with Crippen LogP contribution in [0.4, 0.5) is 0 Å². The van der Waals surface area contributed by atoms with Crippen molar-refractivity contribution in [2.45, 2.75) is 19.6 Å². The Morgan fingerprint density at radius 3 is 2.65 bits per heavy atom. The molecule has 106 valence electrons. The molecule has 2 aromatic carbocycles. The van der Waals surface area contributed by atoms with Gasteiger partial charge in [-0.25, -0.2) is 0 Å². The van der Waals surface area contributed by atoms with Crippen LogP contribution in [-0.4, -0.2) is 14.2 Å². The Balaban J connectivity index is 2.10. The summed E-state index contributed by atoms with van der Waals surface area (Å²) in [4.78, 5) is 0. The van der Waals surface area contributed by atoms with E-state index in [1.807, 2.05) is 49.5 Å². The molecule has 0 amide bonds. The topological polar surface area (TPSA) is 30.5 Å². The van der Waals surface area contributed by atoms with Gasteiger partial charge < -0.3 is 14.8 Å². The Kier molecular flexibility index (Phi) is 5.02. The lowest BCUT2D eigenvalue weighted by Crippen LogP contribution is -2.13. The van der Waals surface area contributed by atoms with Crippen LogP contribution in [0.1, 0.15) is 24.1 Å². The van der Waals surface area contributed by atoms with E-state index < -0.39 is 0 Å². The third kappa shape index (κ3) is 3.52. The van der Waals surface area contributed by atoms with Gasteiger partial charge in [-0.1, -0.05) is 30.3 Å². The van der Waals surface area contributed by atoms with E-state index in [2.05, 4.69) is 18.3 Å². The molecule has 3 nitrogen and oxygen atoms in total. The van der Waals surface area contributed by atoms with Gasteiger partial charge in [0.25, 0.3) is 0 Å². The summed E-state index contributed by atoms with van der Waals surface area (Å²) in [5.41, 5.74) is 2.26. The molecular weight excluding hydrogens is 250 g/mol. The molecule has 0 aliphatic rings. The summed E-state index contributed by atoms with van der Waals surface area (Å²) >= 11 is 0. The number of nitrogens with one attached hydrogen (secondary N) is 1. The summed E-state index contributed by atoms with van der Waals surface area (Å²) < 4.78 is 11.2. The van der Waals surface area contributed by atoms with Crippen molar-refractivity contribution < 1.29 is 9.47 Å². The van der Waals surface area contributed by atoms with Crippen molar-refractivity contribution in [3.63, 3.8) is 0 Å². The Morgan fingerprint density at radius 2 is 1.90 bits per heavy atom. The Hall–Kier alpha value is -2.00. The van der Waals surface area contributed by atoms with Gasteiger partial charge in [-0.15, -0.1) is 0 Å². The third-order valence-electron chi connectivity index (χ3n) is 3.35. The van der Waals surface area contributed by atoms with E-state index in [0.717, 1.165) is 22.6 Å². The van der Waals surface area contributed by atoms with Gasteiger partial charge in [0.2, 0.25) is 0 Å². The highest BCUT2D eigenvalue weighted by Gasteiger charge is 2.09. The number of hydrogen-bond donors (Lipinski definition) is 1. The summed E-state index contributed by atoms with van der Waals surface area (Å²) in [6.45, 7) is 2.65. The van der Waals surface area contributed by atoms with E-state index in [4.69, 9.17) is 9.47 Å². The van der Waals surface area contributed by atoms with Crippen LogP contribution in [0.2, 0.25) is 0 Å². The SMILES string of the molecule is CNC(C)c1ccccc1OCc1cccc(OC)c1. The molecule has 20 heavy (non-hydrogen) atoms. The first-order valence-electron chi connectivity index (χ1n) is 6.76. The zero-order valence-corrected chi connectivity index (χ0v) is 12.2. The van der Waals surface area contributed by atoms with Crippen LogP contribution in [0.25, 0.3) is 0 Å². The summed E-state index contributed by atoms with van der Waals surface area (Å²) in [5, 5.41) is 3.24. The second kappa shape index (κ2) is 6.96. The first kappa shape index (κ1) is 14.4. The average Bonchev–Trinajstić information content (AvgIpc) is 2.52. The average molecular weight is 271 g/mol. The monoisotopic (exact) mass is 271 g/mol. The largest absolute Gasteiger partial charge is 0.497 e. The second-order valence-corrected chi connectivity index (χ2v) is 4.69. The van der Waals surface area contributed by atoms with Crippen molar-refractivity contribution in [3.05, 3.63) is 59.7 Å². The van der Waals surface area contributed by atoms with Gasteiger partial charge in [-0.2, -0.15) is 0 Å². The first-order chi connectivity index (χ1) is 9.74. The minimum Gasteiger partial charge on any atom is -0.497 e. The van der Waals surface area contributed by atoms with E-state index in [0.29, 0.717) is 6.61 Å². The van der Waals surface area contributed by atoms with Crippen molar-refractivity contribution in [2.24, 2.45) is 0 Å². The molecule has 1 unspecified atom stereocenters. The zero-order chi connectivity index (χ0) is 14.4. The zero-order valence-electron chi connectivity index (χ0n) is 12.2. The molecule has 0 aliphatic heterocycles. The Bertz CT molecular complexity index is 554. The van der Waals surface area contributed by atoms with Crippen molar-refractivity contribution in [1.29, 1.82) is 0 Å². The van der Waals surface area contributed by atoms with Gasteiger partial charge in [0.15, 0.2) is 0 Å². The number of hydrogen-bond acceptors (Lipinski definition) is 3. The molecule has 0 saturated heterocycles. The van der Waals surface area contributed by atoms with Gasteiger partial charge in [0.05, 0.1) is 7.11 Å². The summed E-state index contributed by atoms with van der Waals surface area (Å²) in [6.07, 6.45) is 0. The molecule has 0 saturated carbocycles. The number of benzene rings is 2. The van der Waals surface area contributed by atoms with Gasteiger partial charge >= 0.3 is 0 Å². The van der Waals surface area contributed by atoms with E-state index in [1.54, 1.807) is 7.11 Å². The van der Waals surface area contributed by atoms with Gasteiger partial charge in [0.1, 0.15) is 18.1 Å². The van der Waals surface area contributed by atoms with Crippen LogP contribution in [0.5, 0.6) is 11.5 Å². The highest BCUT2D eigenvalue weighted by Crippen LogP contribution is 2.25. The molecular formula is C17H21NO2. The molecule has 0 aromatic heterocycles. The molecule has 1 atom stereocenters. The Morgan fingerprint density at radius 1 is 1.10 bits per heavy atom. The molecule has 1 N–H and O–H groups in total. The quantitative estimate of drug-likeness (QED) is 0.871. The lowest BCUT2D eigenvalue weighted by molar-refractivity contribution is 0.299. The lowest BCUT2D eigenvalue weighted by atomic mass is 10.1. The van der Waals surface area contributed by atoms with E-state index in [1.165, 1.54) is 0 Å². The molecule has 3 heteroatoms. The van der Waals surface area contributed by atoms with E-state index in [-0.39, 0.29) is 6.04 Å². The Labute approximate surface area is 120 Å². The molecule has 0 spiro atoms. The maximum absolute atomic E-state index is 5.95. The summed E-state index contributed by atoms with van der Waals surface area (Å²) in [5.74, 6) is 1.76. The first-order valence-corrected chi connectivity index (χ1v) is 6.76. The summed E-state index contributed by atoms with van der Waals surface area (Å²) in [7, 11) is 3.62. The molecule has 0 aliphatic carbocycles. The van der Waals surface area contributed by atoms with Gasteiger partial charge in [0, 0.05) is 11.6 Å². The molecule has 0 heterocycles. The van der Waals surface area contributed by atoms with Crippen LogP contribution in [0.3, 0.4) is 0 Å². The van der Waals surface area contributed by atoms with Gasteiger partial charge in [-0.05, 0) is 37.7 Å². The van der Waals surface area contributed by atoms with Crippen LogP contribution in [-0.2, 0) is 6.61 Å². The molecule has 2 rings (SSSR count). The molecule has 0 fully saturated rings. The van der Waals surface area contributed by atoms with Crippen LogP contribution < -0.4 is 14.8 Å². The second-order valence-electron chi connectivity index (χ2n) is 4.69. The van der Waals surface area contributed by atoms with Crippen molar-refractivity contribution >= 4 is 0 Å². The van der Waals surface area contributed by atoms with Crippen LogP contribution in [0.15, 0.2) is 48.5 Å². The standard InChI is InChI=1S/C17H21NO2/c1-13(18-2)16-9-4-5-10-17(16)20-12-14-7-6-8-15(11-14)19-3/h4-11,13,18H,12H2,1-3H3. The van der Waals surface area contributed by atoms with Crippen LogP contribution >= 0.6 is 0 Å². The van der Waals surface area contributed by atoms with Crippen molar-refractivity contribution in [1.82, 2.24) is 5.32 Å². The van der Waals surface area contributed by atoms with Crippen LogP contribution in [0, 0.1) is 0 Å². The number of rotatable bonds is 6.